The van der Waals surface area contributed by atoms with Crippen LogP contribution in [0.4, 0.5) is 4.79 Å². The fraction of sp³-hybridized carbons (Fsp3) is 0.600. The van der Waals surface area contributed by atoms with Crippen molar-refractivity contribution in [3.8, 4) is 17.6 Å². The summed E-state index contributed by atoms with van der Waals surface area (Å²) >= 11 is 0. The number of carbonyl (C=O) groups excluding carboxylic acids is 1. The molecule has 1 aromatic rings. The summed E-state index contributed by atoms with van der Waals surface area (Å²) in [4.78, 5) is 11.1. The van der Waals surface area contributed by atoms with Gasteiger partial charge in [0.05, 0.1) is 24.7 Å². The quantitative estimate of drug-likeness (QED) is 0.844. The molecule has 6 nitrogen and oxygen atoms in total. The molecule has 0 aromatic heterocycles. The van der Waals surface area contributed by atoms with Gasteiger partial charge in [-0.3, -0.25) is 0 Å². The zero-order chi connectivity index (χ0) is 18.6. The summed E-state index contributed by atoms with van der Waals surface area (Å²) in [7, 11) is 1.64. The molecule has 26 heavy (non-hydrogen) atoms. The monoisotopic (exact) mass is 357 g/mol. The first-order valence-electron chi connectivity index (χ1n) is 9.39. The number of hydrogen-bond acceptors (Lipinski definition) is 4. The number of nitrogens with two attached hydrogens (primary N) is 1. The van der Waals surface area contributed by atoms with Crippen molar-refractivity contribution in [3.05, 3.63) is 23.8 Å². The molecule has 2 fully saturated rings. The highest BCUT2D eigenvalue weighted by Crippen LogP contribution is 2.42. The van der Waals surface area contributed by atoms with E-state index < -0.39 is 11.4 Å². The first-order chi connectivity index (χ1) is 12.6. The second-order valence-electron chi connectivity index (χ2n) is 7.37. The van der Waals surface area contributed by atoms with Crippen LogP contribution in [-0.4, -0.2) is 25.3 Å². The third kappa shape index (κ3) is 3.87. The zero-order valence-electron chi connectivity index (χ0n) is 15.3. The summed E-state index contributed by atoms with van der Waals surface area (Å²) < 4.78 is 11.6. The second kappa shape index (κ2) is 7.86. The molecule has 2 aliphatic rings. The van der Waals surface area contributed by atoms with Gasteiger partial charge in [0.2, 0.25) is 0 Å². The Hall–Kier alpha value is -2.42. The van der Waals surface area contributed by atoms with Gasteiger partial charge in [0.15, 0.2) is 11.5 Å². The lowest BCUT2D eigenvalue weighted by Crippen LogP contribution is -2.43. The van der Waals surface area contributed by atoms with E-state index in [0.29, 0.717) is 18.6 Å². The molecule has 6 heteroatoms. The minimum Gasteiger partial charge on any atom is -0.493 e. The van der Waals surface area contributed by atoms with Crippen molar-refractivity contribution >= 4 is 6.03 Å². The molecule has 0 atom stereocenters. The van der Waals surface area contributed by atoms with Gasteiger partial charge in [0.25, 0.3) is 0 Å². The third-order valence-corrected chi connectivity index (χ3v) is 5.71. The van der Waals surface area contributed by atoms with E-state index in [1.165, 1.54) is 12.8 Å². The molecule has 0 heterocycles. The van der Waals surface area contributed by atoms with Crippen molar-refractivity contribution in [3.63, 3.8) is 0 Å². The van der Waals surface area contributed by atoms with Crippen LogP contribution in [0.15, 0.2) is 18.2 Å². The molecule has 2 saturated carbocycles. The van der Waals surface area contributed by atoms with Crippen LogP contribution in [0.25, 0.3) is 0 Å². The maximum Gasteiger partial charge on any atom is 0.312 e. The molecule has 2 amide bonds. The van der Waals surface area contributed by atoms with Crippen LogP contribution in [0.5, 0.6) is 11.5 Å². The Morgan fingerprint density at radius 3 is 2.50 bits per heavy atom. The van der Waals surface area contributed by atoms with Crippen LogP contribution < -0.4 is 20.5 Å². The van der Waals surface area contributed by atoms with Gasteiger partial charge in [-0.05, 0) is 69.1 Å². The number of carbonyl (C=O) groups is 1. The van der Waals surface area contributed by atoms with Gasteiger partial charge < -0.3 is 20.5 Å². The van der Waals surface area contributed by atoms with Crippen LogP contribution in [0.1, 0.15) is 56.9 Å². The summed E-state index contributed by atoms with van der Waals surface area (Å²) in [5.74, 6) is 1.43. The fourth-order valence-corrected chi connectivity index (χ4v) is 4.17. The number of nitrogens with one attached hydrogen (secondary N) is 1. The minimum atomic E-state index is -0.560. The number of urea groups is 1. The Balaban J connectivity index is 1.80. The highest BCUT2D eigenvalue weighted by Gasteiger charge is 2.38. The molecule has 140 valence electrons. The predicted octanol–water partition coefficient (Wildman–Crippen LogP) is 3.39. The number of nitriles is 1. The minimum absolute atomic E-state index is 0.0430. The van der Waals surface area contributed by atoms with Crippen molar-refractivity contribution in [1.29, 1.82) is 5.26 Å². The number of ether oxygens (including phenoxy) is 2. The number of benzene rings is 1. The molecule has 3 N–H and O–H groups in total. The van der Waals surface area contributed by atoms with Gasteiger partial charge in [-0.2, -0.15) is 5.26 Å². The highest BCUT2D eigenvalue weighted by atomic mass is 16.5. The number of rotatable bonds is 5. The van der Waals surface area contributed by atoms with Crippen LogP contribution in [0.3, 0.4) is 0 Å². The summed E-state index contributed by atoms with van der Waals surface area (Å²) in [6.45, 7) is 0. The fourth-order valence-electron chi connectivity index (χ4n) is 4.17. The number of hydrogen-bond donors (Lipinski definition) is 2. The maximum absolute atomic E-state index is 11.1. The van der Waals surface area contributed by atoms with Crippen LogP contribution in [0.2, 0.25) is 0 Å². The molecule has 0 spiro atoms. The van der Waals surface area contributed by atoms with Crippen molar-refractivity contribution in [2.45, 2.75) is 68.9 Å². The highest BCUT2D eigenvalue weighted by molar-refractivity contribution is 5.72. The molecule has 0 bridgehead atoms. The van der Waals surface area contributed by atoms with E-state index in [-0.39, 0.29) is 12.1 Å². The average molecular weight is 357 g/mol. The molecule has 3 rings (SSSR count). The molecular formula is C20H27N3O3. The zero-order valence-corrected chi connectivity index (χ0v) is 15.3. The summed E-state index contributed by atoms with van der Waals surface area (Å²) in [6.07, 6.45) is 7.60. The molecular weight excluding hydrogens is 330 g/mol. The largest absolute Gasteiger partial charge is 0.493 e. The van der Waals surface area contributed by atoms with Gasteiger partial charge in [0, 0.05) is 6.04 Å². The number of primary amides is 1. The van der Waals surface area contributed by atoms with Gasteiger partial charge >= 0.3 is 6.03 Å². The van der Waals surface area contributed by atoms with Gasteiger partial charge in [-0.25, -0.2) is 4.79 Å². The van der Waals surface area contributed by atoms with E-state index in [9.17, 15) is 10.1 Å². The lowest BCUT2D eigenvalue weighted by molar-refractivity contribution is 0.200. The van der Waals surface area contributed by atoms with E-state index in [1.54, 1.807) is 7.11 Å². The standard InChI is InChI=1S/C20H27N3O3/c1-25-17-7-6-14(12-18(17)26-16-4-2-3-5-16)20(13-21)10-8-15(9-11-20)23-19(22)24/h6-7,12,15-16H,2-5,8-11H2,1H3,(H3,22,23,24)/t15-,20+. The van der Waals surface area contributed by atoms with E-state index in [0.717, 1.165) is 37.0 Å². The number of nitrogens with zero attached hydrogens (tertiary/aromatic N) is 1. The predicted molar refractivity (Wildman–Crippen MR) is 98.1 cm³/mol. The molecule has 0 unspecified atom stereocenters. The van der Waals surface area contributed by atoms with Gasteiger partial charge in [0.1, 0.15) is 0 Å². The van der Waals surface area contributed by atoms with Crippen molar-refractivity contribution in [2.75, 3.05) is 7.11 Å². The second-order valence-corrected chi connectivity index (χ2v) is 7.37. The number of methoxy groups -OCH3 is 1. The van der Waals surface area contributed by atoms with Gasteiger partial charge in [-0.1, -0.05) is 6.07 Å². The Labute approximate surface area is 154 Å². The molecule has 0 radical (unpaired) electrons. The number of amides is 2. The Kier molecular flexibility index (Phi) is 5.55. The van der Waals surface area contributed by atoms with E-state index >= 15 is 0 Å². The first-order valence-corrected chi connectivity index (χ1v) is 9.39. The van der Waals surface area contributed by atoms with Crippen molar-refractivity contribution in [2.24, 2.45) is 5.73 Å². The Bertz CT molecular complexity index is 684. The summed E-state index contributed by atoms with van der Waals surface area (Å²) in [5.41, 5.74) is 5.62. The van der Waals surface area contributed by atoms with E-state index in [2.05, 4.69) is 11.4 Å². The van der Waals surface area contributed by atoms with E-state index in [4.69, 9.17) is 15.2 Å². The SMILES string of the molecule is COc1ccc([C@]2(C#N)CC[C@H](NC(N)=O)CC2)cc1OC1CCCC1. The van der Waals surface area contributed by atoms with Crippen LogP contribution in [0, 0.1) is 11.3 Å². The van der Waals surface area contributed by atoms with Crippen molar-refractivity contribution < 1.29 is 14.3 Å². The van der Waals surface area contributed by atoms with Crippen molar-refractivity contribution in [1.82, 2.24) is 5.32 Å². The molecule has 1 aromatic carbocycles. The van der Waals surface area contributed by atoms with E-state index in [1.807, 2.05) is 18.2 Å². The molecule has 0 aliphatic heterocycles. The Morgan fingerprint density at radius 1 is 1.23 bits per heavy atom. The molecule has 2 aliphatic carbocycles. The summed E-state index contributed by atoms with van der Waals surface area (Å²) in [6, 6.07) is 7.90. The lowest BCUT2D eigenvalue weighted by Gasteiger charge is -2.35. The molecule has 0 saturated heterocycles. The topological polar surface area (TPSA) is 97.4 Å². The third-order valence-electron chi connectivity index (χ3n) is 5.71. The Morgan fingerprint density at radius 2 is 1.92 bits per heavy atom. The first kappa shape index (κ1) is 18.4. The van der Waals surface area contributed by atoms with Crippen LogP contribution >= 0.6 is 0 Å². The maximum atomic E-state index is 11.1. The van der Waals surface area contributed by atoms with Crippen LogP contribution in [-0.2, 0) is 5.41 Å². The van der Waals surface area contributed by atoms with Gasteiger partial charge in [-0.15, -0.1) is 0 Å². The summed E-state index contributed by atoms with van der Waals surface area (Å²) in [5, 5.41) is 12.7. The lowest BCUT2D eigenvalue weighted by atomic mass is 9.69. The smallest absolute Gasteiger partial charge is 0.312 e. The average Bonchev–Trinajstić information content (AvgIpc) is 3.15. The normalized spacial score (nSPS) is 26.1.